The van der Waals surface area contributed by atoms with Crippen molar-refractivity contribution in [1.29, 1.82) is 0 Å². The number of allylic oxidation sites excluding steroid dienone is 3. The van der Waals surface area contributed by atoms with Gasteiger partial charge in [-0.15, -0.1) is 0 Å². The van der Waals surface area contributed by atoms with Gasteiger partial charge in [0.25, 0.3) is 0 Å². The van der Waals surface area contributed by atoms with Crippen LogP contribution in [-0.2, 0) is 14.3 Å². The monoisotopic (exact) mass is 1110 g/mol. The van der Waals surface area contributed by atoms with Crippen LogP contribution in [0.2, 0.25) is 0 Å². The first-order valence-corrected chi connectivity index (χ1v) is 36.1. The number of rotatable bonds is 68. The lowest BCUT2D eigenvalue weighted by atomic mass is 10.0. The fourth-order valence-electron chi connectivity index (χ4n) is 11.4. The Labute approximate surface area is 494 Å². The van der Waals surface area contributed by atoms with E-state index in [2.05, 4.69) is 31.3 Å². The van der Waals surface area contributed by atoms with Gasteiger partial charge in [0.05, 0.1) is 25.4 Å². The van der Waals surface area contributed by atoms with E-state index in [4.69, 9.17) is 4.74 Å². The third kappa shape index (κ3) is 65.4. The predicted molar refractivity (Wildman–Crippen MR) is 347 cm³/mol. The molecule has 0 fully saturated rings. The van der Waals surface area contributed by atoms with Crippen molar-refractivity contribution in [1.82, 2.24) is 5.32 Å². The molecule has 0 saturated heterocycles. The second-order valence-corrected chi connectivity index (χ2v) is 24.9. The molecule has 2 atom stereocenters. The van der Waals surface area contributed by atoms with Crippen molar-refractivity contribution in [3.63, 3.8) is 0 Å². The maximum Gasteiger partial charge on any atom is 0.305 e. The Morgan fingerprint density at radius 2 is 0.608 bits per heavy atom. The molecule has 3 N–H and O–H groups in total. The van der Waals surface area contributed by atoms with Gasteiger partial charge in [0.15, 0.2) is 0 Å². The Kier molecular flexibility index (Phi) is 67.4. The van der Waals surface area contributed by atoms with E-state index < -0.39 is 12.1 Å². The van der Waals surface area contributed by atoms with Gasteiger partial charge in [-0.3, -0.25) is 9.59 Å². The second kappa shape index (κ2) is 68.8. The van der Waals surface area contributed by atoms with Gasteiger partial charge in [0, 0.05) is 12.8 Å². The molecule has 0 aromatic rings. The average Bonchev–Trinajstić information content (AvgIpc) is 3.45. The summed E-state index contributed by atoms with van der Waals surface area (Å²) >= 11 is 0. The molecule has 1 amide bonds. The van der Waals surface area contributed by atoms with Crippen molar-refractivity contribution >= 4 is 11.9 Å². The molecule has 6 heteroatoms. The molecule has 0 radical (unpaired) electrons. The topological polar surface area (TPSA) is 95.9 Å². The smallest absolute Gasteiger partial charge is 0.305 e. The van der Waals surface area contributed by atoms with Crippen LogP contribution in [0.5, 0.6) is 0 Å². The number of aliphatic hydroxyl groups is 2. The SMILES string of the molecule is CCCC/C=C\CCCCCCCC(=O)OCCCCCCCCCCCCCCCCCCCCCCCCCCCCCCCCCCCCCC(=O)NC(CO)C(O)/C=C/CCCCCCCCCCCCCCCC. The molecular weight excluding hydrogens is 971 g/mol. The molecule has 0 heterocycles. The van der Waals surface area contributed by atoms with Gasteiger partial charge in [-0.05, 0) is 51.4 Å². The van der Waals surface area contributed by atoms with Gasteiger partial charge in [-0.1, -0.05) is 366 Å². The molecule has 0 saturated carbocycles. The first-order chi connectivity index (χ1) is 39.0. The molecule has 0 bridgehead atoms. The van der Waals surface area contributed by atoms with E-state index in [1.165, 1.54) is 334 Å². The Hall–Kier alpha value is -1.66. The number of aliphatic hydroxyl groups excluding tert-OH is 2. The molecule has 0 rings (SSSR count). The summed E-state index contributed by atoms with van der Waals surface area (Å²) in [5.41, 5.74) is 0. The van der Waals surface area contributed by atoms with Crippen molar-refractivity contribution in [2.24, 2.45) is 0 Å². The summed E-state index contributed by atoms with van der Waals surface area (Å²) in [6.45, 7) is 4.90. The highest BCUT2D eigenvalue weighted by molar-refractivity contribution is 5.76. The highest BCUT2D eigenvalue weighted by Gasteiger charge is 2.18. The van der Waals surface area contributed by atoms with Crippen LogP contribution in [0.4, 0.5) is 0 Å². The summed E-state index contributed by atoms with van der Waals surface area (Å²) in [5.74, 6) is -0.0480. The number of ether oxygens (including phenoxy) is 1. The largest absolute Gasteiger partial charge is 0.466 e. The highest BCUT2D eigenvalue weighted by atomic mass is 16.5. The van der Waals surface area contributed by atoms with E-state index in [9.17, 15) is 19.8 Å². The van der Waals surface area contributed by atoms with Crippen molar-refractivity contribution in [3.8, 4) is 0 Å². The fraction of sp³-hybridized carbons (Fsp3) is 0.918. The normalized spacial score (nSPS) is 12.6. The number of carbonyl (C=O) groups is 2. The van der Waals surface area contributed by atoms with Crippen LogP contribution in [0.25, 0.3) is 0 Å². The summed E-state index contributed by atoms with van der Waals surface area (Å²) in [7, 11) is 0. The molecule has 0 spiro atoms. The van der Waals surface area contributed by atoms with E-state index in [0.717, 1.165) is 44.9 Å². The first-order valence-electron chi connectivity index (χ1n) is 36.1. The standard InChI is InChI=1S/C73H141NO5/c1-3-5-7-9-11-13-15-16-17-39-42-46-49-53-57-61-65-71(76)70(69-75)74-72(77)66-62-58-54-50-47-43-40-37-35-33-31-29-27-25-23-21-19-18-20-22-24-26-28-30-32-34-36-38-41-44-48-52-56-60-64-68-79-73(78)67-63-59-55-51-45-14-12-10-8-6-4-2/h10,12,61,65,70-71,75-76H,3-9,11,13-60,62-64,66-69H2,1-2H3,(H,74,77)/b12-10-,65-61+. The second-order valence-electron chi connectivity index (χ2n) is 24.9. The van der Waals surface area contributed by atoms with Gasteiger partial charge in [0.1, 0.15) is 0 Å². The Balaban J connectivity index is 3.32. The van der Waals surface area contributed by atoms with E-state index in [1.807, 2.05) is 6.08 Å². The van der Waals surface area contributed by atoms with Gasteiger partial charge in [-0.25, -0.2) is 0 Å². The van der Waals surface area contributed by atoms with Crippen LogP contribution < -0.4 is 5.32 Å². The molecule has 0 aromatic heterocycles. The van der Waals surface area contributed by atoms with Crippen LogP contribution in [0, 0.1) is 0 Å². The van der Waals surface area contributed by atoms with Crippen molar-refractivity contribution in [2.75, 3.05) is 13.2 Å². The summed E-state index contributed by atoms with van der Waals surface area (Å²) in [6.07, 6.45) is 87.1. The maximum atomic E-state index is 12.5. The Morgan fingerprint density at radius 3 is 0.937 bits per heavy atom. The number of nitrogens with one attached hydrogen (secondary N) is 1. The van der Waals surface area contributed by atoms with Crippen LogP contribution in [-0.4, -0.2) is 47.4 Å². The van der Waals surface area contributed by atoms with Gasteiger partial charge in [0.2, 0.25) is 5.91 Å². The van der Waals surface area contributed by atoms with E-state index in [1.54, 1.807) is 6.08 Å². The molecule has 6 nitrogen and oxygen atoms in total. The zero-order chi connectivity index (χ0) is 57.1. The van der Waals surface area contributed by atoms with Gasteiger partial charge >= 0.3 is 5.97 Å². The third-order valence-corrected chi connectivity index (χ3v) is 17.0. The zero-order valence-corrected chi connectivity index (χ0v) is 53.6. The number of hydrogen-bond acceptors (Lipinski definition) is 5. The number of carbonyl (C=O) groups excluding carboxylic acids is 2. The molecule has 468 valence electrons. The summed E-state index contributed by atoms with van der Waals surface area (Å²) in [4.78, 5) is 24.5. The van der Waals surface area contributed by atoms with Crippen LogP contribution in [0.15, 0.2) is 24.3 Å². The van der Waals surface area contributed by atoms with Crippen molar-refractivity contribution in [2.45, 2.75) is 418 Å². The predicted octanol–water partition coefficient (Wildman–Crippen LogP) is 23.3. The van der Waals surface area contributed by atoms with E-state index >= 15 is 0 Å². The lowest BCUT2D eigenvalue weighted by molar-refractivity contribution is -0.143. The van der Waals surface area contributed by atoms with E-state index in [-0.39, 0.29) is 18.5 Å². The van der Waals surface area contributed by atoms with Gasteiger partial charge in [-0.2, -0.15) is 0 Å². The highest BCUT2D eigenvalue weighted by Crippen LogP contribution is 2.19. The number of hydrogen-bond donors (Lipinski definition) is 3. The lowest BCUT2D eigenvalue weighted by Crippen LogP contribution is -2.45. The Bertz CT molecular complexity index is 1230. The van der Waals surface area contributed by atoms with E-state index in [0.29, 0.717) is 19.4 Å². The summed E-state index contributed by atoms with van der Waals surface area (Å²) in [5, 5.41) is 23.2. The summed E-state index contributed by atoms with van der Waals surface area (Å²) < 4.78 is 5.47. The molecule has 0 aliphatic heterocycles. The van der Waals surface area contributed by atoms with Crippen LogP contribution >= 0.6 is 0 Å². The minimum atomic E-state index is -0.840. The fourth-order valence-corrected chi connectivity index (χ4v) is 11.4. The maximum absolute atomic E-state index is 12.5. The average molecular weight is 1110 g/mol. The van der Waals surface area contributed by atoms with Gasteiger partial charge < -0.3 is 20.3 Å². The third-order valence-electron chi connectivity index (χ3n) is 17.0. The van der Waals surface area contributed by atoms with Crippen molar-refractivity contribution in [3.05, 3.63) is 24.3 Å². The Morgan fingerprint density at radius 1 is 0.342 bits per heavy atom. The molecule has 0 aliphatic rings. The number of esters is 1. The van der Waals surface area contributed by atoms with Crippen molar-refractivity contribution < 1.29 is 24.5 Å². The quantitative estimate of drug-likeness (QED) is 0.0320. The van der Waals surface area contributed by atoms with Crippen LogP contribution in [0.1, 0.15) is 406 Å². The molecule has 0 aromatic carbocycles. The zero-order valence-electron chi connectivity index (χ0n) is 53.6. The number of amides is 1. The number of unbranched alkanes of at least 4 members (excludes halogenated alkanes) is 55. The molecule has 79 heavy (non-hydrogen) atoms. The summed E-state index contributed by atoms with van der Waals surface area (Å²) in [6, 6.07) is -0.623. The molecule has 2 unspecified atom stereocenters. The first kappa shape index (κ1) is 77.3. The molecule has 0 aliphatic carbocycles. The van der Waals surface area contributed by atoms with Crippen LogP contribution in [0.3, 0.4) is 0 Å². The minimum Gasteiger partial charge on any atom is -0.466 e. The lowest BCUT2D eigenvalue weighted by Gasteiger charge is -2.20. The molecular formula is C73H141NO5. The minimum absolute atomic E-state index is 0.0117.